The standard InChI is InChI=1S/C21H19IN2O4S/c1-4-12-5-7-14(8-6-12)24-20(26)15(19(25)23-21(24)29)9-13-10-16(22)18(28-3)17(11-13)27-2/h5-11H,4H2,1-3H3,(H,23,25,29)/b15-9-. The van der Waals surface area contributed by atoms with Crippen molar-refractivity contribution in [1.82, 2.24) is 5.32 Å². The van der Waals surface area contributed by atoms with Crippen molar-refractivity contribution in [2.45, 2.75) is 13.3 Å². The highest BCUT2D eigenvalue weighted by molar-refractivity contribution is 14.1. The number of carbonyl (C=O) groups excluding carboxylic acids is 2. The molecular formula is C21H19IN2O4S. The van der Waals surface area contributed by atoms with Gasteiger partial charge in [-0.25, -0.2) is 0 Å². The van der Waals surface area contributed by atoms with E-state index in [1.54, 1.807) is 13.2 Å². The van der Waals surface area contributed by atoms with Crippen LogP contribution in [0.15, 0.2) is 42.0 Å². The van der Waals surface area contributed by atoms with E-state index in [-0.39, 0.29) is 10.7 Å². The van der Waals surface area contributed by atoms with Crippen LogP contribution in [0, 0.1) is 3.57 Å². The van der Waals surface area contributed by atoms with Gasteiger partial charge in [0.2, 0.25) is 0 Å². The minimum absolute atomic E-state index is 0.0128. The van der Waals surface area contributed by atoms with Crippen molar-refractivity contribution in [3.8, 4) is 11.5 Å². The van der Waals surface area contributed by atoms with Crippen LogP contribution in [0.2, 0.25) is 0 Å². The van der Waals surface area contributed by atoms with Gasteiger partial charge in [-0.05, 0) is 82.7 Å². The Morgan fingerprint density at radius 3 is 2.41 bits per heavy atom. The summed E-state index contributed by atoms with van der Waals surface area (Å²) in [6, 6.07) is 11.0. The summed E-state index contributed by atoms with van der Waals surface area (Å²) >= 11 is 7.36. The van der Waals surface area contributed by atoms with E-state index < -0.39 is 11.8 Å². The molecule has 1 saturated heterocycles. The van der Waals surface area contributed by atoms with E-state index in [4.69, 9.17) is 21.7 Å². The Kier molecular flexibility index (Phi) is 6.53. The molecule has 0 bridgehead atoms. The third-order valence-electron chi connectivity index (χ3n) is 4.47. The third kappa shape index (κ3) is 4.27. The Morgan fingerprint density at radius 2 is 1.83 bits per heavy atom. The van der Waals surface area contributed by atoms with Crippen molar-refractivity contribution < 1.29 is 19.1 Å². The van der Waals surface area contributed by atoms with Gasteiger partial charge in [0.1, 0.15) is 5.57 Å². The Labute approximate surface area is 188 Å². The summed E-state index contributed by atoms with van der Waals surface area (Å²) in [4.78, 5) is 26.9. The highest BCUT2D eigenvalue weighted by atomic mass is 127. The van der Waals surface area contributed by atoms with Crippen LogP contribution in [-0.2, 0) is 16.0 Å². The summed E-state index contributed by atoms with van der Waals surface area (Å²) in [5, 5.41) is 2.65. The molecule has 0 atom stereocenters. The number of hydrogen-bond donors (Lipinski definition) is 1. The molecule has 6 nitrogen and oxygen atoms in total. The summed E-state index contributed by atoms with van der Waals surface area (Å²) in [5.74, 6) is 0.0879. The van der Waals surface area contributed by atoms with Gasteiger partial charge in [-0.1, -0.05) is 19.1 Å². The molecule has 0 aromatic heterocycles. The first kappa shape index (κ1) is 21.3. The molecular weight excluding hydrogens is 503 g/mol. The Hall–Kier alpha value is -2.46. The first-order valence-corrected chi connectivity index (χ1v) is 10.3. The van der Waals surface area contributed by atoms with Gasteiger partial charge in [-0.15, -0.1) is 0 Å². The first-order valence-electron chi connectivity index (χ1n) is 8.81. The van der Waals surface area contributed by atoms with E-state index in [1.165, 1.54) is 18.1 Å². The summed E-state index contributed by atoms with van der Waals surface area (Å²) in [7, 11) is 3.09. The first-order chi connectivity index (χ1) is 13.9. The van der Waals surface area contributed by atoms with E-state index in [9.17, 15) is 9.59 Å². The Morgan fingerprint density at radius 1 is 1.14 bits per heavy atom. The lowest BCUT2D eigenvalue weighted by Crippen LogP contribution is -2.54. The van der Waals surface area contributed by atoms with Crippen LogP contribution >= 0.6 is 34.8 Å². The van der Waals surface area contributed by atoms with E-state index in [2.05, 4.69) is 34.8 Å². The SMILES string of the molecule is CCc1ccc(N2C(=O)/C(=C\c3cc(I)c(OC)c(OC)c3)C(=O)NC2=S)cc1. The molecule has 3 rings (SSSR count). The molecule has 29 heavy (non-hydrogen) atoms. The maximum atomic E-state index is 13.1. The number of carbonyl (C=O) groups is 2. The van der Waals surface area contributed by atoms with Crippen LogP contribution < -0.4 is 19.7 Å². The molecule has 0 radical (unpaired) electrons. The van der Waals surface area contributed by atoms with Crippen LogP contribution in [-0.4, -0.2) is 31.1 Å². The minimum atomic E-state index is -0.536. The average molecular weight is 522 g/mol. The molecule has 1 heterocycles. The van der Waals surface area contributed by atoms with Gasteiger partial charge >= 0.3 is 0 Å². The molecule has 1 N–H and O–H groups in total. The number of thiocarbonyl (C=S) groups is 1. The van der Waals surface area contributed by atoms with Crippen molar-refractivity contribution >= 4 is 63.5 Å². The summed E-state index contributed by atoms with van der Waals surface area (Å²) < 4.78 is 11.5. The second-order valence-corrected chi connectivity index (χ2v) is 7.76. The predicted octanol–water partition coefficient (Wildman–Crippen LogP) is 3.70. The van der Waals surface area contributed by atoms with Crippen molar-refractivity contribution in [3.63, 3.8) is 0 Å². The topological polar surface area (TPSA) is 67.9 Å². The molecule has 2 aromatic rings. The number of halogens is 1. The van der Waals surface area contributed by atoms with Crippen LogP contribution in [0.25, 0.3) is 6.08 Å². The zero-order chi connectivity index (χ0) is 21.1. The highest BCUT2D eigenvalue weighted by Gasteiger charge is 2.34. The Balaban J connectivity index is 2.02. The second kappa shape index (κ2) is 8.91. The number of rotatable bonds is 5. The molecule has 0 unspecified atom stereocenters. The zero-order valence-corrected chi connectivity index (χ0v) is 19.1. The maximum Gasteiger partial charge on any atom is 0.270 e. The minimum Gasteiger partial charge on any atom is -0.493 e. The normalized spacial score (nSPS) is 15.5. The monoisotopic (exact) mass is 522 g/mol. The van der Waals surface area contributed by atoms with Gasteiger partial charge in [-0.2, -0.15) is 0 Å². The quantitative estimate of drug-likeness (QED) is 0.281. The van der Waals surface area contributed by atoms with Crippen LogP contribution in [0.4, 0.5) is 5.69 Å². The molecule has 1 aliphatic heterocycles. The van der Waals surface area contributed by atoms with E-state index in [1.807, 2.05) is 30.3 Å². The van der Waals surface area contributed by atoms with Crippen LogP contribution in [0.1, 0.15) is 18.1 Å². The number of benzene rings is 2. The summed E-state index contributed by atoms with van der Waals surface area (Å²) in [6.45, 7) is 2.05. The molecule has 0 aliphatic carbocycles. The van der Waals surface area contributed by atoms with Crippen molar-refractivity contribution in [3.05, 3.63) is 56.7 Å². The van der Waals surface area contributed by atoms with Crippen molar-refractivity contribution in [2.75, 3.05) is 19.1 Å². The summed E-state index contributed by atoms with van der Waals surface area (Å²) in [6.07, 6.45) is 2.41. The number of aryl methyl sites for hydroxylation is 1. The number of methoxy groups -OCH3 is 2. The third-order valence-corrected chi connectivity index (χ3v) is 5.56. The Bertz CT molecular complexity index is 1020. The van der Waals surface area contributed by atoms with Gasteiger partial charge in [0.15, 0.2) is 16.6 Å². The molecule has 2 amide bonds. The highest BCUT2D eigenvalue weighted by Crippen LogP contribution is 2.34. The molecule has 1 aliphatic rings. The van der Waals surface area contributed by atoms with Gasteiger partial charge in [0, 0.05) is 0 Å². The van der Waals surface area contributed by atoms with Crippen molar-refractivity contribution in [2.24, 2.45) is 0 Å². The van der Waals surface area contributed by atoms with E-state index >= 15 is 0 Å². The lowest BCUT2D eigenvalue weighted by molar-refractivity contribution is -0.122. The van der Waals surface area contributed by atoms with E-state index in [0.29, 0.717) is 22.7 Å². The van der Waals surface area contributed by atoms with Gasteiger partial charge in [0.25, 0.3) is 11.8 Å². The molecule has 2 aromatic carbocycles. The number of nitrogens with one attached hydrogen (secondary N) is 1. The van der Waals surface area contributed by atoms with E-state index in [0.717, 1.165) is 15.6 Å². The molecule has 8 heteroatoms. The number of amides is 2. The summed E-state index contributed by atoms with van der Waals surface area (Å²) in [5.41, 5.74) is 2.37. The lowest BCUT2D eigenvalue weighted by atomic mass is 10.1. The number of ether oxygens (including phenoxy) is 2. The lowest BCUT2D eigenvalue weighted by Gasteiger charge is -2.29. The van der Waals surface area contributed by atoms with Gasteiger partial charge < -0.3 is 9.47 Å². The fourth-order valence-electron chi connectivity index (χ4n) is 2.96. The van der Waals surface area contributed by atoms with Crippen molar-refractivity contribution in [1.29, 1.82) is 0 Å². The number of nitrogens with zero attached hydrogens (tertiary/aromatic N) is 1. The maximum absolute atomic E-state index is 13.1. The fourth-order valence-corrected chi connectivity index (χ4v) is 4.09. The van der Waals surface area contributed by atoms with Gasteiger partial charge in [-0.3, -0.25) is 19.8 Å². The molecule has 0 saturated carbocycles. The van der Waals surface area contributed by atoms with Crippen LogP contribution in [0.3, 0.4) is 0 Å². The molecule has 0 spiro atoms. The molecule has 150 valence electrons. The second-order valence-electron chi connectivity index (χ2n) is 6.22. The molecule has 1 fully saturated rings. The van der Waals surface area contributed by atoms with Gasteiger partial charge in [0.05, 0.1) is 23.5 Å². The van der Waals surface area contributed by atoms with Crippen LogP contribution in [0.5, 0.6) is 11.5 Å². The fraction of sp³-hybridized carbons (Fsp3) is 0.190. The smallest absolute Gasteiger partial charge is 0.270 e. The zero-order valence-electron chi connectivity index (χ0n) is 16.1. The number of hydrogen-bond acceptors (Lipinski definition) is 5. The number of anilines is 1. The predicted molar refractivity (Wildman–Crippen MR) is 124 cm³/mol. The average Bonchev–Trinajstić information content (AvgIpc) is 2.71. The largest absolute Gasteiger partial charge is 0.493 e.